The number of hydrogen-bond acceptors (Lipinski definition) is 5. The first-order chi connectivity index (χ1) is 17.5. The van der Waals surface area contributed by atoms with Gasteiger partial charge in [0.2, 0.25) is 0 Å². The first kappa shape index (κ1) is 26.0. The Kier molecular flexibility index (Phi) is 10.1. The summed E-state index contributed by atoms with van der Waals surface area (Å²) >= 11 is 0. The van der Waals surface area contributed by atoms with Crippen LogP contribution in [0.3, 0.4) is 0 Å². The molecule has 36 heavy (non-hydrogen) atoms. The Bertz CT molecular complexity index is 1240. The molecule has 2 N–H and O–H groups in total. The molecular weight excluding hydrogens is 456 g/mol. The molecule has 0 unspecified atom stereocenters. The third kappa shape index (κ3) is 9.73. The molecule has 0 aromatic heterocycles. The summed E-state index contributed by atoms with van der Waals surface area (Å²) < 4.78 is 11.1. The molecule has 0 amide bonds. The van der Waals surface area contributed by atoms with Gasteiger partial charge in [-0.05, 0) is 46.5 Å². The van der Waals surface area contributed by atoms with Gasteiger partial charge in [0.15, 0.2) is 0 Å². The van der Waals surface area contributed by atoms with Crippen molar-refractivity contribution in [2.45, 2.75) is 26.1 Å². The number of rotatable bonds is 9. The number of carbonyl (C=O) groups excluding carboxylic acids is 1. The van der Waals surface area contributed by atoms with E-state index < -0.39 is 5.97 Å². The van der Waals surface area contributed by atoms with Crippen molar-refractivity contribution in [1.82, 2.24) is 0 Å². The van der Waals surface area contributed by atoms with Crippen LogP contribution >= 0.6 is 0 Å². The van der Waals surface area contributed by atoms with Gasteiger partial charge in [0.05, 0.1) is 12.8 Å². The molecule has 0 atom stereocenters. The van der Waals surface area contributed by atoms with Crippen LogP contribution in [-0.2, 0) is 40.4 Å². The standard InChI is InChI=1S/C22H20O3.C8H8O3/c23-22(25-17-19-10-5-2-6-11-19)15-20-12-7-13-21(14-20)24-16-18-8-3-1-4-9-18;9-7-3-1-2-6(4-7)5-8(10)11/h1-14H,15-17H2;1-4,9H,5H2,(H,10,11). The molecule has 0 aliphatic heterocycles. The maximum Gasteiger partial charge on any atom is 0.310 e. The lowest BCUT2D eigenvalue weighted by Crippen LogP contribution is -2.08. The predicted octanol–water partition coefficient (Wildman–Crippen LogP) is 5.57. The summed E-state index contributed by atoms with van der Waals surface area (Å²) in [5.74, 6) is -0.291. The van der Waals surface area contributed by atoms with Crippen LogP contribution in [0.5, 0.6) is 11.5 Å². The van der Waals surface area contributed by atoms with Crippen LogP contribution in [0.15, 0.2) is 109 Å². The average Bonchev–Trinajstić information content (AvgIpc) is 2.88. The molecule has 6 heteroatoms. The zero-order valence-electron chi connectivity index (χ0n) is 19.7. The van der Waals surface area contributed by atoms with E-state index in [2.05, 4.69) is 0 Å². The Labute approximate surface area is 210 Å². The highest BCUT2D eigenvalue weighted by Crippen LogP contribution is 2.16. The van der Waals surface area contributed by atoms with Crippen LogP contribution in [0.4, 0.5) is 0 Å². The summed E-state index contributed by atoms with van der Waals surface area (Å²) in [6.45, 7) is 0.798. The number of carbonyl (C=O) groups is 2. The van der Waals surface area contributed by atoms with Crippen molar-refractivity contribution in [2.75, 3.05) is 0 Å². The number of phenols is 1. The Balaban J connectivity index is 0.000000275. The summed E-state index contributed by atoms with van der Waals surface area (Å²) in [7, 11) is 0. The van der Waals surface area contributed by atoms with Gasteiger partial charge in [0.1, 0.15) is 24.7 Å². The molecule has 0 heterocycles. The Morgan fingerprint density at radius 2 is 1.17 bits per heavy atom. The highest BCUT2D eigenvalue weighted by atomic mass is 16.5. The van der Waals surface area contributed by atoms with Crippen molar-refractivity contribution in [3.63, 3.8) is 0 Å². The van der Waals surface area contributed by atoms with Gasteiger partial charge in [-0.1, -0.05) is 84.9 Å². The monoisotopic (exact) mass is 484 g/mol. The van der Waals surface area contributed by atoms with Crippen LogP contribution in [0, 0.1) is 0 Å². The minimum absolute atomic E-state index is 0.0472. The van der Waals surface area contributed by atoms with E-state index in [1.807, 2.05) is 84.9 Å². The molecule has 4 aromatic rings. The van der Waals surface area contributed by atoms with Gasteiger partial charge >= 0.3 is 11.9 Å². The third-order valence-corrected chi connectivity index (χ3v) is 5.00. The average molecular weight is 485 g/mol. The lowest BCUT2D eigenvalue weighted by atomic mass is 10.1. The van der Waals surface area contributed by atoms with Gasteiger partial charge in [-0.2, -0.15) is 0 Å². The second kappa shape index (κ2) is 14.0. The van der Waals surface area contributed by atoms with Crippen molar-refractivity contribution in [2.24, 2.45) is 0 Å². The molecule has 184 valence electrons. The van der Waals surface area contributed by atoms with E-state index in [0.29, 0.717) is 18.8 Å². The number of carboxylic acid groups (broad SMARTS) is 1. The van der Waals surface area contributed by atoms with Gasteiger partial charge in [-0.15, -0.1) is 0 Å². The van der Waals surface area contributed by atoms with Crippen LogP contribution in [0.1, 0.15) is 22.3 Å². The van der Waals surface area contributed by atoms with Crippen molar-refractivity contribution >= 4 is 11.9 Å². The molecule has 0 spiro atoms. The van der Waals surface area contributed by atoms with Crippen molar-refractivity contribution in [3.8, 4) is 11.5 Å². The SMILES string of the molecule is O=C(Cc1cccc(OCc2ccccc2)c1)OCc1ccccc1.O=C(O)Cc1cccc(O)c1. The van der Waals surface area contributed by atoms with E-state index in [1.54, 1.807) is 12.1 Å². The summed E-state index contributed by atoms with van der Waals surface area (Å²) in [5.41, 5.74) is 3.58. The van der Waals surface area contributed by atoms with Gasteiger partial charge in [-0.25, -0.2) is 0 Å². The molecule has 0 radical (unpaired) electrons. The van der Waals surface area contributed by atoms with Crippen molar-refractivity contribution < 1.29 is 29.3 Å². The van der Waals surface area contributed by atoms with E-state index in [9.17, 15) is 9.59 Å². The maximum absolute atomic E-state index is 12.0. The second-order valence-electron chi connectivity index (χ2n) is 7.99. The zero-order chi connectivity index (χ0) is 25.6. The Hall–Kier alpha value is -4.58. The second-order valence-corrected chi connectivity index (χ2v) is 7.99. The van der Waals surface area contributed by atoms with E-state index in [1.165, 1.54) is 12.1 Å². The van der Waals surface area contributed by atoms with Gasteiger partial charge in [-0.3, -0.25) is 9.59 Å². The molecular formula is C30H28O6. The van der Waals surface area contributed by atoms with Crippen LogP contribution in [0.2, 0.25) is 0 Å². The number of aliphatic carboxylic acids is 1. The molecule has 0 aliphatic carbocycles. The third-order valence-electron chi connectivity index (χ3n) is 5.00. The zero-order valence-corrected chi connectivity index (χ0v) is 19.7. The minimum atomic E-state index is -0.893. The lowest BCUT2D eigenvalue weighted by Gasteiger charge is -2.09. The smallest absolute Gasteiger partial charge is 0.310 e. The van der Waals surface area contributed by atoms with Crippen LogP contribution in [0.25, 0.3) is 0 Å². The first-order valence-corrected chi connectivity index (χ1v) is 11.4. The maximum atomic E-state index is 12.0. The van der Waals surface area contributed by atoms with Gasteiger partial charge < -0.3 is 19.7 Å². The van der Waals surface area contributed by atoms with Crippen molar-refractivity contribution in [1.29, 1.82) is 0 Å². The lowest BCUT2D eigenvalue weighted by molar-refractivity contribution is -0.144. The van der Waals surface area contributed by atoms with E-state index >= 15 is 0 Å². The number of aromatic hydroxyl groups is 1. The summed E-state index contributed by atoms with van der Waals surface area (Å²) in [6.07, 6.45) is 0.184. The number of phenolic OH excluding ortho intramolecular Hbond substituents is 1. The normalized spacial score (nSPS) is 10.0. The van der Waals surface area contributed by atoms with Crippen LogP contribution in [-0.4, -0.2) is 22.2 Å². The summed E-state index contributed by atoms with van der Waals surface area (Å²) in [5, 5.41) is 17.3. The molecule has 4 rings (SSSR count). The van der Waals surface area contributed by atoms with Crippen LogP contribution < -0.4 is 4.74 Å². The quantitative estimate of drug-likeness (QED) is 0.302. The van der Waals surface area contributed by atoms with Gasteiger partial charge in [0, 0.05) is 0 Å². The number of carboxylic acids is 1. The Morgan fingerprint density at radius 3 is 1.78 bits per heavy atom. The molecule has 6 nitrogen and oxygen atoms in total. The first-order valence-electron chi connectivity index (χ1n) is 11.4. The molecule has 4 aromatic carbocycles. The molecule has 0 bridgehead atoms. The Morgan fingerprint density at radius 1 is 0.611 bits per heavy atom. The largest absolute Gasteiger partial charge is 0.508 e. The highest BCUT2D eigenvalue weighted by Gasteiger charge is 2.07. The number of benzene rings is 4. The molecule has 0 aliphatic rings. The predicted molar refractivity (Wildman–Crippen MR) is 137 cm³/mol. The number of ether oxygens (including phenoxy) is 2. The summed E-state index contributed by atoms with van der Waals surface area (Å²) in [6, 6.07) is 33.4. The topological polar surface area (TPSA) is 93.1 Å². The molecule has 0 saturated carbocycles. The van der Waals surface area contributed by atoms with E-state index in [0.717, 1.165) is 22.4 Å². The fourth-order valence-corrected chi connectivity index (χ4v) is 3.28. The molecule has 0 saturated heterocycles. The van der Waals surface area contributed by atoms with Gasteiger partial charge in [0.25, 0.3) is 0 Å². The minimum Gasteiger partial charge on any atom is -0.508 e. The van der Waals surface area contributed by atoms with Crippen molar-refractivity contribution in [3.05, 3.63) is 131 Å². The van der Waals surface area contributed by atoms with E-state index in [-0.39, 0.29) is 24.6 Å². The number of esters is 1. The highest BCUT2D eigenvalue weighted by molar-refractivity contribution is 5.72. The summed E-state index contributed by atoms with van der Waals surface area (Å²) in [4.78, 5) is 22.2. The fraction of sp³-hybridized carbons (Fsp3) is 0.133. The van der Waals surface area contributed by atoms with E-state index in [4.69, 9.17) is 19.7 Å². The fourth-order valence-electron chi connectivity index (χ4n) is 3.28. The molecule has 0 fully saturated rings. The number of hydrogen-bond donors (Lipinski definition) is 2.